The first kappa shape index (κ1) is 29.7. The van der Waals surface area contributed by atoms with Gasteiger partial charge in [0.05, 0.1) is 12.6 Å². The highest BCUT2D eigenvalue weighted by atomic mass is 16.4. The van der Waals surface area contributed by atoms with Gasteiger partial charge in [-0.1, -0.05) is 54.6 Å². The Morgan fingerprint density at radius 1 is 0.650 bits per heavy atom. The lowest BCUT2D eigenvalue weighted by Crippen LogP contribution is -2.54. The molecule has 3 aromatic carbocycles. The molecule has 0 radical (unpaired) electrons. The quantitative estimate of drug-likeness (QED) is 0.162. The minimum absolute atomic E-state index is 0.0323. The number of nitrogens with one attached hydrogen (secondary N) is 3. The molecule has 0 aliphatic rings. The normalized spacial score (nSPS) is 12.9. The summed E-state index contributed by atoms with van der Waals surface area (Å²) in [5, 5.41) is 36.0. The van der Waals surface area contributed by atoms with Crippen LogP contribution in [0.5, 0.6) is 11.5 Å². The number of hydrogen-bond donors (Lipinski definition) is 7. The van der Waals surface area contributed by atoms with Crippen LogP contribution in [0, 0.1) is 0 Å². The van der Waals surface area contributed by atoms with E-state index >= 15 is 0 Å². The molecule has 3 unspecified atom stereocenters. The lowest BCUT2D eigenvalue weighted by molar-refractivity contribution is -0.141. The first-order valence-electron chi connectivity index (χ1n) is 12.6. The molecule has 3 atom stereocenters. The molecule has 40 heavy (non-hydrogen) atoms. The second-order valence-corrected chi connectivity index (χ2v) is 9.27. The lowest BCUT2D eigenvalue weighted by atomic mass is 10.0. The van der Waals surface area contributed by atoms with Crippen molar-refractivity contribution in [3.05, 3.63) is 95.6 Å². The Balaban J connectivity index is 1.63. The molecule has 3 aromatic rings. The number of nitrogens with two attached hydrogens (primary N) is 1. The molecule has 0 bridgehead atoms. The molecule has 8 N–H and O–H groups in total. The van der Waals surface area contributed by atoms with E-state index in [0.29, 0.717) is 11.1 Å². The standard InChI is InChI=1S/C29H32N4O7/c30-23(14-19-6-10-21(34)11-7-19)27(37)33-24(15-20-8-12-22(35)13-9-20)28(38)31-17-26(36)32-25(29(39)40)16-18-4-2-1-3-5-18/h1-13,23-25,34-35H,14-17,30H2,(H,31,38)(H,32,36)(H,33,37)(H,39,40). The van der Waals surface area contributed by atoms with Crippen molar-refractivity contribution in [2.24, 2.45) is 5.73 Å². The third-order valence-corrected chi connectivity index (χ3v) is 6.08. The van der Waals surface area contributed by atoms with Gasteiger partial charge in [0.15, 0.2) is 0 Å². The molecule has 11 nitrogen and oxygen atoms in total. The van der Waals surface area contributed by atoms with Crippen LogP contribution in [0.2, 0.25) is 0 Å². The van der Waals surface area contributed by atoms with Gasteiger partial charge in [0.25, 0.3) is 0 Å². The van der Waals surface area contributed by atoms with Gasteiger partial charge in [-0.15, -0.1) is 0 Å². The zero-order valence-corrected chi connectivity index (χ0v) is 21.6. The second-order valence-electron chi connectivity index (χ2n) is 9.27. The minimum atomic E-state index is -1.22. The highest BCUT2D eigenvalue weighted by Gasteiger charge is 2.26. The SMILES string of the molecule is NC(Cc1ccc(O)cc1)C(=O)NC(Cc1ccc(O)cc1)C(=O)NCC(=O)NC(Cc1ccccc1)C(=O)O. The van der Waals surface area contributed by atoms with Gasteiger partial charge < -0.3 is 37.0 Å². The van der Waals surface area contributed by atoms with Crippen molar-refractivity contribution in [3.8, 4) is 11.5 Å². The van der Waals surface area contributed by atoms with Crippen LogP contribution in [0.4, 0.5) is 0 Å². The fourth-order valence-corrected chi connectivity index (χ4v) is 3.92. The van der Waals surface area contributed by atoms with E-state index in [4.69, 9.17) is 5.73 Å². The Bertz CT molecular complexity index is 1300. The predicted octanol–water partition coefficient (Wildman–Crippen LogP) is 0.623. The number of benzene rings is 3. The van der Waals surface area contributed by atoms with Crippen LogP contribution in [0.15, 0.2) is 78.9 Å². The molecule has 210 valence electrons. The number of phenols is 2. The maximum absolute atomic E-state index is 13.0. The Morgan fingerprint density at radius 3 is 1.70 bits per heavy atom. The number of carbonyl (C=O) groups excluding carboxylic acids is 3. The van der Waals surface area contributed by atoms with Crippen LogP contribution in [-0.4, -0.2) is 63.7 Å². The van der Waals surface area contributed by atoms with Crippen molar-refractivity contribution in [1.29, 1.82) is 0 Å². The van der Waals surface area contributed by atoms with Gasteiger partial charge in [-0.25, -0.2) is 4.79 Å². The van der Waals surface area contributed by atoms with Gasteiger partial charge in [0.2, 0.25) is 17.7 Å². The molecule has 0 saturated heterocycles. The lowest BCUT2D eigenvalue weighted by Gasteiger charge is -2.21. The summed E-state index contributed by atoms with van der Waals surface area (Å²) in [5.74, 6) is -3.11. The van der Waals surface area contributed by atoms with Gasteiger partial charge in [0, 0.05) is 12.8 Å². The molecular weight excluding hydrogens is 516 g/mol. The van der Waals surface area contributed by atoms with Crippen molar-refractivity contribution in [3.63, 3.8) is 0 Å². The van der Waals surface area contributed by atoms with E-state index in [2.05, 4.69) is 16.0 Å². The number of rotatable bonds is 13. The first-order valence-corrected chi connectivity index (χ1v) is 12.6. The topological polar surface area (TPSA) is 191 Å². The van der Waals surface area contributed by atoms with Crippen molar-refractivity contribution >= 4 is 23.7 Å². The Kier molecular flexibility index (Phi) is 10.6. The van der Waals surface area contributed by atoms with E-state index < -0.39 is 48.4 Å². The molecule has 0 aliphatic heterocycles. The van der Waals surface area contributed by atoms with E-state index in [9.17, 15) is 34.5 Å². The fourth-order valence-electron chi connectivity index (χ4n) is 3.92. The Hall–Kier alpha value is -4.90. The molecule has 11 heteroatoms. The van der Waals surface area contributed by atoms with Crippen molar-refractivity contribution in [2.45, 2.75) is 37.4 Å². The molecular formula is C29H32N4O7. The van der Waals surface area contributed by atoms with Crippen molar-refractivity contribution in [1.82, 2.24) is 16.0 Å². The van der Waals surface area contributed by atoms with E-state index in [1.165, 1.54) is 24.3 Å². The maximum atomic E-state index is 13.0. The summed E-state index contributed by atoms with van der Waals surface area (Å²) in [6, 6.07) is 17.7. The molecule has 0 saturated carbocycles. The summed E-state index contributed by atoms with van der Waals surface area (Å²) in [7, 11) is 0. The molecule has 0 aromatic heterocycles. The fraction of sp³-hybridized carbons (Fsp3) is 0.241. The molecule has 3 rings (SSSR count). The molecule has 0 spiro atoms. The van der Waals surface area contributed by atoms with Gasteiger partial charge >= 0.3 is 5.97 Å². The summed E-state index contributed by atoms with van der Waals surface area (Å²) >= 11 is 0. The van der Waals surface area contributed by atoms with Gasteiger partial charge in [-0.2, -0.15) is 0 Å². The number of amides is 3. The highest BCUT2D eigenvalue weighted by molar-refractivity contribution is 5.92. The van der Waals surface area contributed by atoms with Crippen LogP contribution >= 0.6 is 0 Å². The molecule has 3 amide bonds. The summed E-state index contributed by atoms with van der Waals surface area (Å²) < 4.78 is 0. The summed E-state index contributed by atoms with van der Waals surface area (Å²) in [4.78, 5) is 50.0. The maximum Gasteiger partial charge on any atom is 0.326 e. The summed E-state index contributed by atoms with van der Waals surface area (Å²) in [6.45, 7) is -0.515. The Morgan fingerprint density at radius 2 is 1.15 bits per heavy atom. The number of hydrogen-bond acceptors (Lipinski definition) is 7. The number of carbonyl (C=O) groups is 4. The zero-order chi connectivity index (χ0) is 29.1. The second kappa shape index (κ2) is 14.3. The third-order valence-electron chi connectivity index (χ3n) is 6.08. The average molecular weight is 549 g/mol. The summed E-state index contributed by atoms with van der Waals surface area (Å²) in [6.07, 6.45) is 0.255. The highest BCUT2D eigenvalue weighted by Crippen LogP contribution is 2.13. The number of aromatic hydroxyl groups is 2. The van der Waals surface area contributed by atoms with Crippen LogP contribution in [0.25, 0.3) is 0 Å². The van der Waals surface area contributed by atoms with Gasteiger partial charge in [0.1, 0.15) is 23.6 Å². The van der Waals surface area contributed by atoms with Gasteiger partial charge in [-0.05, 0) is 47.4 Å². The van der Waals surface area contributed by atoms with E-state index in [1.54, 1.807) is 54.6 Å². The Labute approximate surface area is 231 Å². The van der Waals surface area contributed by atoms with Crippen LogP contribution in [-0.2, 0) is 38.4 Å². The monoisotopic (exact) mass is 548 g/mol. The van der Waals surface area contributed by atoms with Crippen molar-refractivity contribution < 1.29 is 34.5 Å². The average Bonchev–Trinajstić information content (AvgIpc) is 2.93. The molecule has 0 aliphatic carbocycles. The minimum Gasteiger partial charge on any atom is -0.508 e. The van der Waals surface area contributed by atoms with E-state index in [-0.39, 0.29) is 30.8 Å². The smallest absolute Gasteiger partial charge is 0.326 e. The third kappa shape index (κ3) is 9.44. The van der Waals surface area contributed by atoms with Crippen LogP contribution in [0.1, 0.15) is 16.7 Å². The zero-order valence-electron chi connectivity index (χ0n) is 21.6. The number of aliphatic carboxylic acids is 1. The molecule has 0 fully saturated rings. The van der Waals surface area contributed by atoms with Gasteiger partial charge in [-0.3, -0.25) is 14.4 Å². The van der Waals surface area contributed by atoms with Crippen LogP contribution < -0.4 is 21.7 Å². The van der Waals surface area contributed by atoms with Crippen LogP contribution in [0.3, 0.4) is 0 Å². The summed E-state index contributed by atoms with van der Waals surface area (Å²) in [5.41, 5.74) is 8.12. The first-order chi connectivity index (χ1) is 19.1. The largest absolute Gasteiger partial charge is 0.508 e. The van der Waals surface area contributed by atoms with Crippen molar-refractivity contribution in [2.75, 3.05) is 6.54 Å². The van der Waals surface area contributed by atoms with E-state index in [1.807, 2.05) is 0 Å². The number of carboxylic acid groups (broad SMARTS) is 1. The predicted molar refractivity (Wildman–Crippen MR) is 146 cm³/mol. The number of phenolic OH excluding ortho intramolecular Hbond substituents is 2. The molecule has 0 heterocycles. The van der Waals surface area contributed by atoms with E-state index in [0.717, 1.165) is 5.56 Å². The number of carboxylic acids is 1.